The molecular weight excluding hydrogens is 531 g/mol. The van der Waals surface area contributed by atoms with Crippen LogP contribution in [0, 0.1) is 22.0 Å². The van der Waals surface area contributed by atoms with E-state index in [0.29, 0.717) is 24.9 Å². The minimum atomic E-state index is -4.23. The maximum absolute atomic E-state index is 13.6. The van der Waals surface area contributed by atoms with Crippen LogP contribution in [-0.4, -0.2) is 52.8 Å². The fourth-order valence-electron chi connectivity index (χ4n) is 5.14. The molecule has 14 heteroatoms. The highest BCUT2D eigenvalue weighted by Crippen LogP contribution is 2.36. The van der Waals surface area contributed by atoms with E-state index in [-0.39, 0.29) is 45.4 Å². The summed E-state index contributed by atoms with van der Waals surface area (Å²) >= 11 is 12.1. The van der Waals surface area contributed by atoms with E-state index < -0.39 is 21.0 Å². The number of hydrogen-bond acceptors (Lipinski definition) is 7. The summed E-state index contributed by atoms with van der Waals surface area (Å²) in [6, 6.07) is 1.18. The van der Waals surface area contributed by atoms with E-state index in [2.05, 4.69) is 9.71 Å². The summed E-state index contributed by atoms with van der Waals surface area (Å²) in [6.45, 7) is 1.13. The molecular formula is C22H28Cl2N6O5S. The maximum Gasteiger partial charge on any atom is 0.434 e. The van der Waals surface area contributed by atoms with Crippen molar-refractivity contribution in [2.24, 2.45) is 11.8 Å². The first kappa shape index (κ1) is 26.6. The third kappa shape index (κ3) is 5.77. The molecule has 3 unspecified atom stereocenters. The normalized spacial score (nSPS) is 21.1. The Morgan fingerprint density at radius 2 is 1.89 bits per heavy atom. The number of sulfonamides is 1. The first-order valence-corrected chi connectivity index (χ1v) is 14.0. The zero-order valence-corrected chi connectivity index (χ0v) is 21.8. The molecule has 36 heavy (non-hydrogen) atoms. The summed E-state index contributed by atoms with van der Waals surface area (Å²) < 4.78 is 30.2. The Morgan fingerprint density at radius 3 is 2.56 bits per heavy atom. The van der Waals surface area contributed by atoms with E-state index in [0.717, 1.165) is 25.7 Å². The van der Waals surface area contributed by atoms with Crippen LogP contribution >= 0.6 is 23.2 Å². The van der Waals surface area contributed by atoms with Crippen molar-refractivity contribution < 1.29 is 18.1 Å². The first-order valence-electron chi connectivity index (χ1n) is 11.8. The van der Waals surface area contributed by atoms with Crippen molar-refractivity contribution in [2.45, 2.75) is 56.0 Å². The lowest BCUT2D eigenvalue weighted by Gasteiger charge is -2.42. The van der Waals surface area contributed by atoms with Gasteiger partial charge in [0.1, 0.15) is 18.4 Å². The largest absolute Gasteiger partial charge is 0.434 e. The molecule has 0 radical (unpaired) electrons. The number of nitro groups is 1. The molecule has 3 atom stereocenters. The van der Waals surface area contributed by atoms with Crippen LogP contribution in [0.25, 0.3) is 0 Å². The van der Waals surface area contributed by atoms with E-state index in [1.807, 2.05) is 0 Å². The van der Waals surface area contributed by atoms with Gasteiger partial charge in [0.2, 0.25) is 15.9 Å². The Morgan fingerprint density at radius 1 is 1.22 bits per heavy atom. The number of likely N-dealkylation sites (tertiary alicyclic amines) is 1. The van der Waals surface area contributed by atoms with Crippen LogP contribution in [0.2, 0.25) is 10.0 Å². The van der Waals surface area contributed by atoms with Gasteiger partial charge in [-0.1, -0.05) is 47.4 Å². The van der Waals surface area contributed by atoms with Crippen LogP contribution in [0.15, 0.2) is 29.4 Å². The number of carbonyl (C=O) groups excluding carboxylic acids is 1. The summed E-state index contributed by atoms with van der Waals surface area (Å²) in [4.78, 5) is 29.4. The van der Waals surface area contributed by atoms with Crippen molar-refractivity contribution in [3.63, 3.8) is 0 Å². The van der Waals surface area contributed by atoms with Crippen LogP contribution in [0.5, 0.6) is 0 Å². The SMILES string of the molecule is Nc1c(Cl)cc(S(=O)(=O)NC(CCn2ccnc2[N+](=O)[O-])C(=O)N2CCC3CCCCC3C2)cc1Cl. The molecule has 0 spiro atoms. The van der Waals surface area contributed by atoms with E-state index in [1.165, 1.54) is 35.5 Å². The standard InChI is InChI=1S/C22H28Cl2N6O5S/c23-17-11-16(12-18(24)20(17)25)36(34,35)27-19(6-9-28-10-7-26-22(28)30(32)33)21(31)29-8-5-14-3-1-2-4-15(14)13-29/h7,10-12,14-15,19,27H,1-6,8-9,13,25H2. The number of imidazole rings is 1. The number of nitrogens with one attached hydrogen (secondary N) is 1. The van der Waals surface area contributed by atoms with Gasteiger partial charge >= 0.3 is 5.95 Å². The summed E-state index contributed by atoms with van der Waals surface area (Å²) in [5.74, 6) is 0.242. The minimum absolute atomic E-state index is 0.0123. The number of carbonyl (C=O) groups is 1. The van der Waals surface area contributed by atoms with E-state index in [9.17, 15) is 23.3 Å². The Balaban J connectivity index is 1.58. The van der Waals surface area contributed by atoms with Gasteiger partial charge in [0.05, 0.1) is 27.2 Å². The molecule has 3 N–H and O–H groups in total. The average molecular weight is 559 g/mol. The first-order chi connectivity index (χ1) is 17.1. The molecule has 1 aliphatic carbocycles. The number of aryl methyl sites for hydroxylation is 1. The van der Waals surface area contributed by atoms with Crippen molar-refractivity contribution in [3.05, 3.63) is 44.7 Å². The predicted molar refractivity (Wildman–Crippen MR) is 135 cm³/mol. The molecule has 11 nitrogen and oxygen atoms in total. The fourth-order valence-corrected chi connectivity index (χ4v) is 7.03. The van der Waals surface area contributed by atoms with E-state index in [1.54, 1.807) is 4.90 Å². The molecule has 1 amide bonds. The zero-order valence-electron chi connectivity index (χ0n) is 19.5. The van der Waals surface area contributed by atoms with Crippen LogP contribution in [0.1, 0.15) is 38.5 Å². The van der Waals surface area contributed by atoms with Crippen molar-refractivity contribution in [1.82, 2.24) is 19.2 Å². The molecule has 1 saturated heterocycles. The van der Waals surface area contributed by atoms with Crippen molar-refractivity contribution in [1.29, 1.82) is 0 Å². The van der Waals surface area contributed by atoms with E-state index in [4.69, 9.17) is 28.9 Å². The third-order valence-corrected chi connectivity index (χ3v) is 9.15. The summed E-state index contributed by atoms with van der Waals surface area (Å²) in [5, 5.41) is 11.2. The number of halogens is 2. The van der Waals surface area contributed by atoms with Gasteiger partial charge in [0.25, 0.3) is 0 Å². The summed E-state index contributed by atoms with van der Waals surface area (Å²) in [7, 11) is -4.23. The molecule has 0 bridgehead atoms. The Hall–Kier alpha value is -2.41. The number of benzene rings is 1. The zero-order chi connectivity index (χ0) is 26.0. The summed E-state index contributed by atoms with van der Waals surface area (Å²) in [5.41, 5.74) is 5.78. The molecule has 196 valence electrons. The molecule has 1 aliphatic heterocycles. The molecule has 4 rings (SSSR count). The van der Waals surface area contributed by atoms with Gasteiger partial charge in [-0.3, -0.25) is 4.79 Å². The van der Waals surface area contributed by atoms with Crippen molar-refractivity contribution in [2.75, 3.05) is 18.8 Å². The minimum Gasteiger partial charge on any atom is -0.396 e. The molecule has 2 heterocycles. The molecule has 2 aromatic rings. The van der Waals surface area contributed by atoms with Gasteiger partial charge in [0, 0.05) is 19.5 Å². The molecule has 1 aromatic carbocycles. The number of nitrogen functional groups attached to an aromatic ring is 1. The highest BCUT2D eigenvalue weighted by molar-refractivity contribution is 7.89. The topological polar surface area (TPSA) is 153 Å². The number of hydrogen-bond donors (Lipinski definition) is 2. The van der Waals surface area contributed by atoms with Crippen LogP contribution in [0.4, 0.5) is 11.6 Å². The van der Waals surface area contributed by atoms with Gasteiger partial charge in [0.15, 0.2) is 0 Å². The summed E-state index contributed by atoms with van der Waals surface area (Å²) in [6.07, 6.45) is 8.10. The second kappa shape index (κ2) is 10.9. The molecule has 1 saturated carbocycles. The quantitative estimate of drug-likeness (QED) is 0.285. The van der Waals surface area contributed by atoms with Gasteiger partial charge in [-0.05, 0) is 41.7 Å². The fraction of sp³-hybridized carbons (Fsp3) is 0.545. The second-order valence-corrected chi connectivity index (χ2v) is 11.8. The monoisotopic (exact) mass is 558 g/mol. The number of nitrogens with two attached hydrogens (primary N) is 1. The van der Waals surface area contributed by atoms with Crippen molar-refractivity contribution in [3.8, 4) is 0 Å². The smallest absolute Gasteiger partial charge is 0.396 e. The molecule has 2 aliphatic rings. The lowest BCUT2D eigenvalue weighted by molar-refractivity contribution is -0.396. The van der Waals surface area contributed by atoms with Crippen molar-refractivity contribution >= 4 is 50.8 Å². The number of aromatic nitrogens is 2. The van der Waals surface area contributed by atoms with Gasteiger partial charge in [-0.2, -0.15) is 4.72 Å². The number of amides is 1. The van der Waals surface area contributed by atoms with Crippen LogP contribution < -0.4 is 10.5 Å². The van der Waals surface area contributed by atoms with Crippen LogP contribution in [0.3, 0.4) is 0 Å². The number of anilines is 1. The molecule has 2 fully saturated rings. The highest BCUT2D eigenvalue weighted by atomic mass is 35.5. The molecule has 1 aromatic heterocycles. The van der Waals surface area contributed by atoms with Gasteiger partial charge in [-0.15, -0.1) is 0 Å². The lowest BCUT2D eigenvalue weighted by atomic mass is 9.75. The second-order valence-electron chi connectivity index (χ2n) is 9.32. The Kier molecular flexibility index (Phi) is 8.08. The predicted octanol–water partition coefficient (Wildman–Crippen LogP) is 3.46. The maximum atomic E-state index is 13.6. The number of fused-ring (bicyclic) bond motifs is 1. The average Bonchev–Trinajstić information content (AvgIpc) is 3.33. The Bertz CT molecular complexity index is 1230. The van der Waals surface area contributed by atoms with Gasteiger partial charge in [-0.25, -0.2) is 13.0 Å². The third-order valence-electron chi connectivity index (χ3n) is 7.08. The lowest BCUT2D eigenvalue weighted by Crippen LogP contribution is -2.53. The number of piperidine rings is 1. The van der Waals surface area contributed by atoms with Crippen LogP contribution in [-0.2, 0) is 21.4 Å². The van der Waals surface area contributed by atoms with E-state index >= 15 is 0 Å². The van der Waals surface area contributed by atoms with Gasteiger partial charge < -0.3 is 20.7 Å². The number of rotatable bonds is 8. The Labute approximate surface area is 219 Å². The number of nitrogens with zero attached hydrogens (tertiary/aromatic N) is 4. The highest BCUT2D eigenvalue weighted by Gasteiger charge is 2.37.